The number of hydrogen-bond acceptors (Lipinski definition) is 4. The molecule has 2 aromatic rings. The summed E-state index contributed by atoms with van der Waals surface area (Å²) in [5.74, 6) is -0.955. The molecule has 0 atom stereocenters. The highest BCUT2D eigenvalue weighted by molar-refractivity contribution is 6.34. The lowest BCUT2D eigenvalue weighted by Crippen LogP contribution is -2.12. The van der Waals surface area contributed by atoms with Gasteiger partial charge in [-0.05, 0) is 17.2 Å². The lowest BCUT2D eigenvalue weighted by molar-refractivity contribution is -0.135. The van der Waals surface area contributed by atoms with Crippen molar-refractivity contribution in [2.75, 3.05) is 7.11 Å². The van der Waals surface area contributed by atoms with Gasteiger partial charge in [0, 0.05) is 23.5 Å². The van der Waals surface area contributed by atoms with Crippen LogP contribution in [0.5, 0.6) is 0 Å². The molecule has 0 saturated heterocycles. The summed E-state index contributed by atoms with van der Waals surface area (Å²) in [5, 5.41) is 0. The molecule has 1 aromatic heterocycles. The molecule has 0 spiro atoms. The van der Waals surface area contributed by atoms with E-state index in [2.05, 4.69) is 4.98 Å². The smallest absolute Gasteiger partial charge is 0.342 e. The SMILES string of the molecule is COC(=O)C1=C(c2ccccc2)c2ccncc2C1=O. The summed E-state index contributed by atoms with van der Waals surface area (Å²) in [5.41, 5.74) is 2.65. The summed E-state index contributed by atoms with van der Waals surface area (Å²) in [6.45, 7) is 0. The highest BCUT2D eigenvalue weighted by Gasteiger charge is 2.35. The van der Waals surface area contributed by atoms with E-state index in [4.69, 9.17) is 4.74 Å². The average Bonchev–Trinajstić information content (AvgIpc) is 2.81. The first-order valence-electron chi connectivity index (χ1n) is 6.11. The van der Waals surface area contributed by atoms with Gasteiger partial charge in [0.05, 0.1) is 7.11 Å². The fourth-order valence-electron chi connectivity index (χ4n) is 2.38. The van der Waals surface area contributed by atoms with Crippen LogP contribution in [0.15, 0.2) is 54.4 Å². The lowest BCUT2D eigenvalue weighted by Gasteiger charge is -2.06. The molecule has 1 aromatic carbocycles. The summed E-state index contributed by atoms with van der Waals surface area (Å²) >= 11 is 0. The fraction of sp³-hybridized carbons (Fsp3) is 0.0625. The van der Waals surface area contributed by atoms with Crippen molar-refractivity contribution < 1.29 is 14.3 Å². The van der Waals surface area contributed by atoms with E-state index < -0.39 is 5.97 Å². The van der Waals surface area contributed by atoms with Crippen LogP contribution in [0, 0.1) is 0 Å². The third-order valence-electron chi connectivity index (χ3n) is 3.26. The van der Waals surface area contributed by atoms with E-state index in [-0.39, 0.29) is 11.4 Å². The van der Waals surface area contributed by atoms with Gasteiger partial charge < -0.3 is 4.74 Å². The third-order valence-corrected chi connectivity index (χ3v) is 3.26. The molecule has 0 fully saturated rings. The predicted octanol–water partition coefficient (Wildman–Crippen LogP) is 2.25. The molecule has 0 N–H and O–H groups in total. The van der Waals surface area contributed by atoms with Crippen molar-refractivity contribution in [3.63, 3.8) is 0 Å². The fourth-order valence-corrected chi connectivity index (χ4v) is 2.38. The van der Waals surface area contributed by atoms with E-state index in [0.29, 0.717) is 11.1 Å². The zero-order valence-corrected chi connectivity index (χ0v) is 10.8. The molecule has 0 amide bonds. The van der Waals surface area contributed by atoms with Gasteiger partial charge >= 0.3 is 5.97 Å². The van der Waals surface area contributed by atoms with Crippen molar-refractivity contribution in [1.29, 1.82) is 0 Å². The number of ketones is 1. The zero-order chi connectivity index (χ0) is 14.1. The maximum Gasteiger partial charge on any atom is 0.342 e. The number of aromatic nitrogens is 1. The quantitative estimate of drug-likeness (QED) is 0.617. The molecule has 1 aliphatic carbocycles. The minimum absolute atomic E-state index is 0.0710. The van der Waals surface area contributed by atoms with Crippen molar-refractivity contribution in [1.82, 2.24) is 4.98 Å². The van der Waals surface area contributed by atoms with Crippen LogP contribution in [0.3, 0.4) is 0 Å². The first kappa shape index (κ1) is 12.3. The molecule has 0 saturated carbocycles. The second-order valence-electron chi connectivity index (χ2n) is 4.36. The van der Waals surface area contributed by atoms with E-state index in [9.17, 15) is 9.59 Å². The summed E-state index contributed by atoms with van der Waals surface area (Å²) in [4.78, 5) is 28.3. The number of carbonyl (C=O) groups is 2. The van der Waals surface area contributed by atoms with Gasteiger partial charge in [-0.2, -0.15) is 0 Å². The van der Waals surface area contributed by atoms with Gasteiger partial charge in [-0.15, -0.1) is 0 Å². The van der Waals surface area contributed by atoms with Crippen LogP contribution >= 0.6 is 0 Å². The molecule has 0 bridgehead atoms. The Morgan fingerprint density at radius 1 is 1.10 bits per heavy atom. The third kappa shape index (κ3) is 1.73. The maximum absolute atomic E-state index is 12.4. The average molecular weight is 265 g/mol. The number of carbonyl (C=O) groups excluding carboxylic acids is 2. The van der Waals surface area contributed by atoms with E-state index in [1.165, 1.54) is 13.3 Å². The Kier molecular flexibility index (Phi) is 2.91. The van der Waals surface area contributed by atoms with Gasteiger partial charge in [0.1, 0.15) is 5.57 Å². The molecule has 0 aliphatic heterocycles. The van der Waals surface area contributed by atoms with Crippen LogP contribution in [0.4, 0.5) is 0 Å². The Labute approximate surface area is 115 Å². The number of benzene rings is 1. The molecule has 3 rings (SSSR count). The topological polar surface area (TPSA) is 56.3 Å². The molecule has 1 heterocycles. The zero-order valence-electron chi connectivity index (χ0n) is 10.8. The Morgan fingerprint density at radius 2 is 1.85 bits per heavy atom. The van der Waals surface area contributed by atoms with E-state index in [0.717, 1.165) is 11.1 Å². The number of ether oxygens (including phenoxy) is 1. The maximum atomic E-state index is 12.4. The summed E-state index contributed by atoms with van der Waals surface area (Å²) in [7, 11) is 1.27. The summed E-state index contributed by atoms with van der Waals surface area (Å²) in [6.07, 6.45) is 3.09. The number of Topliss-reactive ketones (excluding diaryl/α,β-unsaturated/α-hetero) is 1. The van der Waals surface area contributed by atoms with Gasteiger partial charge in [-0.3, -0.25) is 9.78 Å². The number of methoxy groups -OCH3 is 1. The predicted molar refractivity (Wildman–Crippen MR) is 73.0 cm³/mol. The highest BCUT2D eigenvalue weighted by Crippen LogP contribution is 2.37. The van der Waals surface area contributed by atoms with Gasteiger partial charge in [0.15, 0.2) is 0 Å². The second-order valence-corrected chi connectivity index (χ2v) is 4.36. The number of pyridine rings is 1. The van der Waals surface area contributed by atoms with Crippen LogP contribution in [-0.2, 0) is 9.53 Å². The normalized spacial score (nSPS) is 13.3. The molecular weight excluding hydrogens is 254 g/mol. The Hall–Kier alpha value is -2.75. The van der Waals surface area contributed by atoms with Gasteiger partial charge in [-0.25, -0.2) is 4.79 Å². The van der Waals surface area contributed by atoms with E-state index in [1.54, 1.807) is 12.3 Å². The van der Waals surface area contributed by atoms with Crippen molar-refractivity contribution >= 4 is 17.3 Å². The number of rotatable bonds is 2. The Bertz CT molecular complexity index is 732. The minimum Gasteiger partial charge on any atom is -0.465 e. The van der Waals surface area contributed by atoms with Crippen molar-refractivity contribution in [3.05, 3.63) is 71.1 Å². The molecule has 4 heteroatoms. The number of fused-ring (bicyclic) bond motifs is 1. The molecule has 0 radical (unpaired) electrons. The second kappa shape index (κ2) is 4.74. The van der Waals surface area contributed by atoms with Crippen LogP contribution in [0.1, 0.15) is 21.5 Å². The first-order valence-corrected chi connectivity index (χ1v) is 6.11. The van der Waals surface area contributed by atoms with Crippen molar-refractivity contribution in [2.24, 2.45) is 0 Å². The van der Waals surface area contributed by atoms with Crippen molar-refractivity contribution in [3.8, 4) is 0 Å². The van der Waals surface area contributed by atoms with Crippen LogP contribution in [-0.4, -0.2) is 23.8 Å². The standard InChI is InChI=1S/C16H11NO3/c1-20-16(19)14-13(10-5-3-2-4-6-10)11-7-8-17-9-12(11)15(14)18/h2-9H,1H3. The molecule has 98 valence electrons. The Balaban J connectivity index is 2.30. The van der Waals surface area contributed by atoms with E-state index >= 15 is 0 Å². The number of hydrogen-bond donors (Lipinski definition) is 0. The molecule has 0 unspecified atom stereocenters. The van der Waals surface area contributed by atoms with Crippen LogP contribution in [0.25, 0.3) is 5.57 Å². The van der Waals surface area contributed by atoms with Gasteiger partial charge in [-0.1, -0.05) is 30.3 Å². The van der Waals surface area contributed by atoms with Crippen LogP contribution in [0.2, 0.25) is 0 Å². The summed E-state index contributed by atoms with van der Waals surface area (Å²) in [6, 6.07) is 11.1. The molecular formula is C16H11NO3. The molecule has 1 aliphatic rings. The van der Waals surface area contributed by atoms with Gasteiger partial charge in [0.2, 0.25) is 5.78 Å². The highest BCUT2D eigenvalue weighted by atomic mass is 16.5. The van der Waals surface area contributed by atoms with Crippen LogP contribution < -0.4 is 0 Å². The summed E-state index contributed by atoms with van der Waals surface area (Å²) < 4.78 is 4.75. The largest absolute Gasteiger partial charge is 0.465 e. The number of nitrogens with zero attached hydrogens (tertiary/aromatic N) is 1. The molecule has 4 nitrogen and oxygen atoms in total. The van der Waals surface area contributed by atoms with E-state index in [1.807, 2.05) is 30.3 Å². The lowest BCUT2D eigenvalue weighted by atomic mass is 9.98. The van der Waals surface area contributed by atoms with Gasteiger partial charge in [0.25, 0.3) is 0 Å². The van der Waals surface area contributed by atoms with Crippen molar-refractivity contribution in [2.45, 2.75) is 0 Å². The monoisotopic (exact) mass is 265 g/mol. The Morgan fingerprint density at radius 3 is 2.55 bits per heavy atom. The first-order chi connectivity index (χ1) is 9.74. The number of esters is 1. The molecule has 20 heavy (non-hydrogen) atoms. The minimum atomic E-state index is -0.620.